The summed E-state index contributed by atoms with van der Waals surface area (Å²) in [5, 5.41) is 4.17. The number of carbonyl (C=O) groups is 5. The molecule has 3 aromatic rings. The number of hydrogen-bond donors (Lipinski definition) is 1. The zero-order chi connectivity index (χ0) is 39.1. The Hall–Kier alpha value is -5.39. The van der Waals surface area contributed by atoms with Gasteiger partial charge < -0.3 is 24.3 Å². The normalized spacial score (nSPS) is 12.5. The smallest absolute Gasteiger partial charge is 0.439 e. The second-order valence-electron chi connectivity index (χ2n) is 14.6. The van der Waals surface area contributed by atoms with Gasteiger partial charge in [-0.05, 0) is 99.9 Å². The van der Waals surface area contributed by atoms with Gasteiger partial charge in [-0.2, -0.15) is 0 Å². The van der Waals surface area contributed by atoms with Gasteiger partial charge in [-0.3, -0.25) is 9.59 Å². The van der Waals surface area contributed by atoms with Crippen molar-refractivity contribution < 1.29 is 42.9 Å². The molecule has 52 heavy (non-hydrogen) atoms. The molecule has 0 radical (unpaired) electrons. The molecule has 0 aliphatic carbocycles. The summed E-state index contributed by atoms with van der Waals surface area (Å²) in [6.07, 6.45) is -3.72. The quantitative estimate of drug-likeness (QED) is 0.133. The summed E-state index contributed by atoms with van der Waals surface area (Å²) in [7, 11) is 1.45. The van der Waals surface area contributed by atoms with Crippen LogP contribution in [0.15, 0.2) is 60.7 Å². The van der Waals surface area contributed by atoms with Crippen LogP contribution in [0.25, 0.3) is 0 Å². The lowest BCUT2D eigenvalue weighted by molar-refractivity contribution is -0.175. The monoisotopic (exact) mass is 717 g/mol. The zero-order valence-corrected chi connectivity index (χ0v) is 32.2. The summed E-state index contributed by atoms with van der Waals surface area (Å²) >= 11 is 0. The highest BCUT2D eigenvalue weighted by Crippen LogP contribution is 2.30. The van der Waals surface area contributed by atoms with E-state index in [0.29, 0.717) is 16.3 Å². The van der Waals surface area contributed by atoms with E-state index in [0.717, 1.165) is 21.7 Å². The Labute approximate surface area is 306 Å². The van der Waals surface area contributed by atoms with Crippen LogP contribution in [0.4, 0.5) is 9.59 Å². The molecule has 2 unspecified atom stereocenters. The van der Waals surface area contributed by atoms with Crippen molar-refractivity contribution in [2.45, 2.75) is 106 Å². The molecule has 12 nitrogen and oxygen atoms in total. The molecule has 2 atom stereocenters. The van der Waals surface area contributed by atoms with Crippen molar-refractivity contribution in [3.63, 3.8) is 0 Å². The third-order valence-electron chi connectivity index (χ3n) is 7.76. The molecule has 0 saturated heterocycles. The van der Waals surface area contributed by atoms with Gasteiger partial charge in [0, 0.05) is 22.3 Å². The summed E-state index contributed by atoms with van der Waals surface area (Å²) in [4.78, 5) is 69.7. The van der Waals surface area contributed by atoms with Crippen molar-refractivity contribution in [1.29, 1.82) is 0 Å². The van der Waals surface area contributed by atoms with Gasteiger partial charge in [0.15, 0.2) is 0 Å². The van der Waals surface area contributed by atoms with Crippen LogP contribution in [0.2, 0.25) is 0 Å². The van der Waals surface area contributed by atoms with Crippen LogP contribution < -0.4 is 10.1 Å². The maximum atomic E-state index is 14.6. The molecule has 280 valence electrons. The Kier molecular flexibility index (Phi) is 13.2. The minimum absolute atomic E-state index is 0.0651. The van der Waals surface area contributed by atoms with Gasteiger partial charge in [0.1, 0.15) is 17.4 Å². The number of imide groups is 1. The SMILES string of the molecule is CCC(NC(=O)OC(C)(C)C)C(=O)OC(OC(=O)N(C(=O)c1cccc(OC)c1C)N(C(=O)c1cc(C)cc(C)c1)C(C)(C)C)c1ccc(C)cc1. The van der Waals surface area contributed by atoms with Crippen LogP contribution in [-0.2, 0) is 19.0 Å². The molecule has 0 saturated carbocycles. The molecule has 3 rings (SSSR count). The van der Waals surface area contributed by atoms with E-state index in [1.165, 1.54) is 13.2 Å². The number of alkyl carbamates (subject to hydrolysis) is 1. The number of carbonyl (C=O) groups excluding carboxylic acids is 5. The number of rotatable bonds is 9. The summed E-state index contributed by atoms with van der Waals surface area (Å²) in [6.45, 7) is 18.9. The lowest BCUT2D eigenvalue weighted by atomic mass is 10.0. The van der Waals surface area contributed by atoms with Crippen molar-refractivity contribution in [1.82, 2.24) is 15.3 Å². The second-order valence-corrected chi connectivity index (χ2v) is 14.6. The molecule has 4 amide bonds. The number of aryl methyl sites for hydroxylation is 3. The lowest BCUT2D eigenvalue weighted by Crippen LogP contribution is -2.60. The minimum atomic E-state index is -1.70. The predicted octanol–water partition coefficient (Wildman–Crippen LogP) is 7.91. The van der Waals surface area contributed by atoms with Gasteiger partial charge in [-0.1, -0.05) is 60.0 Å². The molecular formula is C40H51N3O9. The van der Waals surface area contributed by atoms with Gasteiger partial charge in [0.25, 0.3) is 18.1 Å². The summed E-state index contributed by atoms with van der Waals surface area (Å²) in [6, 6.07) is 15.5. The van der Waals surface area contributed by atoms with Crippen molar-refractivity contribution in [2.75, 3.05) is 7.11 Å². The Morgan fingerprint density at radius 3 is 1.88 bits per heavy atom. The Morgan fingerprint density at radius 2 is 1.37 bits per heavy atom. The van der Waals surface area contributed by atoms with E-state index in [9.17, 15) is 24.0 Å². The maximum absolute atomic E-state index is 14.6. The van der Waals surface area contributed by atoms with Crippen LogP contribution in [0, 0.1) is 27.7 Å². The van der Waals surface area contributed by atoms with Crippen LogP contribution >= 0.6 is 0 Å². The molecule has 0 aliphatic rings. The maximum Gasteiger partial charge on any atom is 0.439 e. The first kappa shape index (κ1) is 41.0. The second kappa shape index (κ2) is 16.8. The lowest BCUT2D eigenvalue weighted by Gasteiger charge is -2.42. The van der Waals surface area contributed by atoms with Gasteiger partial charge >= 0.3 is 18.2 Å². The number of amides is 4. The number of esters is 1. The van der Waals surface area contributed by atoms with E-state index in [-0.39, 0.29) is 23.1 Å². The Balaban J connectivity index is 2.16. The van der Waals surface area contributed by atoms with E-state index < -0.39 is 53.4 Å². The van der Waals surface area contributed by atoms with Crippen LogP contribution in [0.5, 0.6) is 5.75 Å². The zero-order valence-electron chi connectivity index (χ0n) is 32.2. The average molecular weight is 718 g/mol. The highest BCUT2D eigenvalue weighted by molar-refractivity contribution is 6.07. The van der Waals surface area contributed by atoms with Gasteiger partial charge in [0.2, 0.25) is 0 Å². The number of hydrogen-bond acceptors (Lipinski definition) is 9. The highest BCUT2D eigenvalue weighted by atomic mass is 16.7. The van der Waals surface area contributed by atoms with Crippen LogP contribution in [0.1, 0.15) is 110 Å². The standard InChI is InChI=1S/C40H51N3O9/c1-13-31(41-37(47)52-40(9,10)11)35(46)50-36(28-19-17-24(2)18-20-28)51-38(48)42(34(45)30-15-14-16-32(49-12)27(30)5)43(39(6,7)8)33(44)29-22-25(3)21-26(4)23-29/h14-23,31,36H,13H2,1-12H3,(H,41,47). The van der Waals surface area contributed by atoms with Crippen molar-refractivity contribution in [2.24, 2.45) is 0 Å². The third kappa shape index (κ3) is 10.6. The molecular weight excluding hydrogens is 666 g/mol. The first-order chi connectivity index (χ1) is 24.2. The van der Waals surface area contributed by atoms with E-state index in [1.807, 2.05) is 26.8 Å². The minimum Gasteiger partial charge on any atom is -0.496 e. The molecule has 0 aliphatic heterocycles. The first-order valence-electron chi connectivity index (χ1n) is 17.0. The third-order valence-corrected chi connectivity index (χ3v) is 7.76. The van der Waals surface area contributed by atoms with Crippen LogP contribution in [0.3, 0.4) is 0 Å². The Morgan fingerprint density at radius 1 is 0.769 bits per heavy atom. The number of nitrogens with zero attached hydrogens (tertiary/aromatic N) is 2. The topological polar surface area (TPSA) is 141 Å². The number of ether oxygens (including phenoxy) is 4. The highest BCUT2D eigenvalue weighted by Gasteiger charge is 2.43. The van der Waals surface area contributed by atoms with E-state index in [2.05, 4.69) is 5.32 Å². The van der Waals surface area contributed by atoms with Gasteiger partial charge in [-0.25, -0.2) is 19.4 Å². The molecule has 0 heterocycles. The van der Waals surface area contributed by atoms with Crippen molar-refractivity contribution >= 4 is 30.0 Å². The van der Waals surface area contributed by atoms with E-state index >= 15 is 0 Å². The van der Waals surface area contributed by atoms with Gasteiger partial charge in [0.05, 0.1) is 12.6 Å². The fraction of sp³-hybridized carbons (Fsp3) is 0.425. The average Bonchev–Trinajstić information content (AvgIpc) is 3.03. The summed E-state index contributed by atoms with van der Waals surface area (Å²) in [5.41, 5.74) is 1.47. The molecule has 0 aromatic heterocycles. The summed E-state index contributed by atoms with van der Waals surface area (Å²) in [5.74, 6) is -2.08. The number of methoxy groups -OCH3 is 1. The van der Waals surface area contributed by atoms with Crippen molar-refractivity contribution in [3.8, 4) is 5.75 Å². The fourth-order valence-corrected chi connectivity index (χ4v) is 5.34. The van der Waals surface area contributed by atoms with Gasteiger partial charge in [-0.15, -0.1) is 5.01 Å². The number of hydrazine groups is 1. The molecule has 0 bridgehead atoms. The predicted molar refractivity (Wildman–Crippen MR) is 196 cm³/mol. The van der Waals surface area contributed by atoms with Crippen molar-refractivity contribution in [3.05, 3.63) is 99.6 Å². The Bertz CT molecular complexity index is 1770. The molecule has 1 N–H and O–H groups in total. The largest absolute Gasteiger partial charge is 0.496 e. The molecule has 3 aromatic carbocycles. The number of benzene rings is 3. The molecule has 0 spiro atoms. The van der Waals surface area contributed by atoms with Crippen LogP contribution in [-0.4, -0.2) is 64.3 Å². The van der Waals surface area contributed by atoms with E-state index in [4.69, 9.17) is 18.9 Å². The molecule has 12 heteroatoms. The van der Waals surface area contributed by atoms with E-state index in [1.54, 1.807) is 104 Å². The first-order valence-corrected chi connectivity index (χ1v) is 17.0. The molecule has 0 fully saturated rings. The fourth-order valence-electron chi connectivity index (χ4n) is 5.34. The number of nitrogens with one attached hydrogen (secondary N) is 1. The summed E-state index contributed by atoms with van der Waals surface area (Å²) < 4.78 is 22.4.